The number of amides is 1. The first-order chi connectivity index (χ1) is 11.1. The van der Waals surface area contributed by atoms with Crippen molar-refractivity contribution in [1.82, 2.24) is 10.2 Å². The maximum atomic E-state index is 12.9. The van der Waals surface area contributed by atoms with Crippen LogP contribution in [0.4, 0.5) is 4.39 Å². The van der Waals surface area contributed by atoms with Crippen LogP contribution < -0.4 is 11.1 Å². The van der Waals surface area contributed by atoms with E-state index < -0.39 is 0 Å². The predicted molar refractivity (Wildman–Crippen MR) is 88.2 cm³/mol. The Labute approximate surface area is 137 Å². The Morgan fingerprint density at radius 3 is 2.48 bits per heavy atom. The Kier molecular flexibility index (Phi) is 5.28. The van der Waals surface area contributed by atoms with E-state index in [2.05, 4.69) is 10.2 Å². The lowest BCUT2D eigenvalue weighted by molar-refractivity contribution is -0.125. The molecule has 1 aliphatic carbocycles. The molecule has 0 bridgehead atoms. The summed E-state index contributed by atoms with van der Waals surface area (Å²) >= 11 is 0. The van der Waals surface area contributed by atoms with Crippen LogP contribution in [0.2, 0.25) is 0 Å². The average Bonchev–Trinajstić information content (AvgIpc) is 2.98. The molecule has 3 N–H and O–H groups in total. The number of nitrogens with one attached hydrogen (secondary N) is 1. The largest absolute Gasteiger partial charge is 0.353 e. The van der Waals surface area contributed by atoms with Gasteiger partial charge in [-0.05, 0) is 49.8 Å². The average molecular weight is 319 g/mol. The molecule has 3 rings (SSSR count). The second kappa shape index (κ2) is 7.41. The van der Waals surface area contributed by atoms with E-state index in [4.69, 9.17) is 5.73 Å². The van der Waals surface area contributed by atoms with Crippen molar-refractivity contribution in [2.45, 2.75) is 50.7 Å². The third kappa shape index (κ3) is 4.52. The molecule has 1 aromatic rings. The van der Waals surface area contributed by atoms with Gasteiger partial charge in [-0.25, -0.2) is 4.39 Å². The normalized spacial score (nSPS) is 26.3. The van der Waals surface area contributed by atoms with Crippen LogP contribution in [-0.4, -0.2) is 36.0 Å². The standard InChI is InChI=1S/C18H26FN3O/c19-15-4-1-13(2-5-15)12-22-9-7-17(8-10-22)21-18(23)14-3-6-16(20)11-14/h1-2,4-5,14,16-17H,3,6-12,20H2,(H,21,23). The van der Waals surface area contributed by atoms with Gasteiger partial charge in [0, 0.05) is 37.6 Å². The van der Waals surface area contributed by atoms with Crippen molar-refractivity contribution in [1.29, 1.82) is 0 Å². The SMILES string of the molecule is NC1CCC(C(=O)NC2CCN(Cc3ccc(F)cc3)CC2)C1. The van der Waals surface area contributed by atoms with Crippen molar-refractivity contribution >= 4 is 5.91 Å². The summed E-state index contributed by atoms with van der Waals surface area (Å²) in [6.07, 6.45) is 4.68. The van der Waals surface area contributed by atoms with Gasteiger partial charge in [0.2, 0.25) is 5.91 Å². The molecular formula is C18H26FN3O. The Bertz CT molecular complexity index is 526. The highest BCUT2D eigenvalue weighted by Crippen LogP contribution is 2.25. The van der Waals surface area contributed by atoms with Crippen molar-refractivity contribution in [3.05, 3.63) is 35.6 Å². The highest BCUT2D eigenvalue weighted by Gasteiger charge is 2.29. The van der Waals surface area contributed by atoms with Gasteiger partial charge in [0.1, 0.15) is 5.82 Å². The fraction of sp³-hybridized carbons (Fsp3) is 0.611. The molecule has 1 saturated heterocycles. The quantitative estimate of drug-likeness (QED) is 0.893. The smallest absolute Gasteiger partial charge is 0.223 e. The molecule has 2 unspecified atom stereocenters. The molecular weight excluding hydrogens is 293 g/mol. The summed E-state index contributed by atoms with van der Waals surface area (Å²) in [6, 6.07) is 7.18. The molecule has 2 atom stereocenters. The van der Waals surface area contributed by atoms with Gasteiger partial charge in [-0.15, -0.1) is 0 Å². The summed E-state index contributed by atoms with van der Waals surface area (Å²) in [6.45, 7) is 2.78. The van der Waals surface area contributed by atoms with Gasteiger partial charge in [0.15, 0.2) is 0 Å². The van der Waals surface area contributed by atoms with Crippen molar-refractivity contribution in [2.75, 3.05) is 13.1 Å². The minimum atomic E-state index is -0.193. The van der Waals surface area contributed by atoms with Crippen LogP contribution in [0.5, 0.6) is 0 Å². The Balaban J connectivity index is 1.41. The molecule has 0 aromatic heterocycles. The van der Waals surface area contributed by atoms with Gasteiger partial charge in [-0.1, -0.05) is 12.1 Å². The summed E-state index contributed by atoms with van der Waals surface area (Å²) in [5.74, 6) is 0.110. The lowest BCUT2D eigenvalue weighted by Gasteiger charge is -2.32. The number of rotatable bonds is 4. The lowest BCUT2D eigenvalue weighted by atomic mass is 10.0. The second-order valence-corrected chi connectivity index (χ2v) is 6.96. The number of nitrogens with zero attached hydrogens (tertiary/aromatic N) is 1. The fourth-order valence-electron chi connectivity index (χ4n) is 3.66. The van der Waals surface area contributed by atoms with Gasteiger partial charge in [0.05, 0.1) is 0 Å². The molecule has 1 aromatic carbocycles. The highest BCUT2D eigenvalue weighted by atomic mass is 19.1. The zero-order valence-electron chi connectivity index (χ0n) is 13.5. The first-order valence-corrected chi connectivity index (χ1v) is 8.63. The first-order valence-electron chi connectivity index (χ1n) is 8.63. The monoisotopic (exact) mass is 319 g/mol. The maximum Gasteiger partial charge on any atom is 0.223 e. The number of halogens is 1. The van der Waals surface area contributed by atoms with E-state index in [1.54, 1.807) is 0 Å². The van der Waals surface area contributed by atoms with Gasteiger partial charge in [-0.3, -0.25) is 9.69 Å². The van der Waals surface area contributed by atoms with Crippen molar-refractivity contribution < 1.29 is 9.18 Å². The summed E-state index contributed by atoms with van der Waals surface area (Å²) in [7, 11) is 0. The van der Waals surface area contributed by atoms with Gasteiger partial charge >= 0.3 is 0 Å². The number of benzene rings is 1. The van der Waals surface area contributed by atoms with Crippen molar-refractivity contribution in [2.24, 2.45) is 11.7 Å². The molecule has 23 heavy (non-hydrogen) atoms. The molecule has 1 saturated carbocycles. The molecule has 2 fully saturated rings. The zero-order chi connectivity index (χ0) is 16.2. The van der Waals surface area contributed by atoms with E-state index in [9.17, 15) is 9.18 Å². The number of hydrogen-bond donors (Lipinski definition) is 2. The van der Waals surface area contributed by atoms with Crippen LogP contribution in [0, 0.1) is 11.7 Å². The Morgan fingerprint density at radius 2 is 1.87 bits per heavy atom. The number of hydrogen-bond acceptors (Lipinski definition) is 3. The third-order valence-electron chi connectivity index (χ3n) is 5.10. The maximum absolute atomic E-state index is 12.9. The molecule has 126 valence electrons. The molecule has 5 heteroatoms. The van der Waals surface area contributed by atoms with E-state index >= 15 is 0 Å². The predicted octanol–water partition coefficient (Wildman–Crippen LogP) is 2.03. The van der Waals surface area contributed by atoms with Crippen LogP contribution >= 0.6 is 0 Å². The Morgan fingerprint density at radius 1 is 1.17 bits per heavy atom. The number of nitrogens with two attached hydrogens (primary N) is 1. The number of carbonyl (C=O) groups is 1. The van der Waals surface area contributed by atoms with Crippen LogP contribution in [0.3, 0.4) is 0 Å². The third-order valence-corrected chi connectivity index (χ3v) is 5.10. The molecule has 4 nitrogen and oxygen atoms in total. The summed E-state index contributed by atoms with van der Waals surface area (Å²) < 4.78 is 12.9. The minimum Gasteiger partial charge on any atom is -0.353 e. The van der Waals surface area contributed by atoms with Gasteiger partial charge < -0.3 is 11.1 Å². The van der Waals surface area contributed by atoms with E-state index in [1.165, 1.54) is 12.1 Å². The van der Waals surface area contributed by atoms with Gasteiger partial charge in [0.25, 0.3) is 0 Å². The number of carbonyl (C=O) groups excluding carboxylic acids is 1. The summed E-state index contributed by atoms with van der Waals surface area (Å²) in [4.78, 5) is 14.6. The first kappa shape index (κ1) is 16.4. The van der Waals surface area contributed by atoms with Crippen molar-refractivity contribution in [3.63, 3.8) is 0 Å². The van der Waals surface area contributed by atoms with Crippen molar-refractivity contribution in [3.8, 4) is 0 Å². The van der Waals surface area contributed by atoms with E-state index in [0.29, 0.717) is 0 Å². The second-order valence-electron chi connectivity index (χ2n) is 6.96. The minimum absolute atomic E-state index is 0.113. The molecule has 0 radical (unpaired) electrons. The fourth-order valence-corrected chi connectivity index (χ4v) is 3.66. The highest BCUT2D eigenvalue weighted by molar-refractivity contribution is 5.79. The zero-order valence-corrected chi connectivity index (χ0v) is 13.5. The molecule has 1 aliphatic heterocycles. The van der Waals surface area contributed by atoms with E-state index in [1.807, 2.05) is 12.1 Å². The number of piperidine rings is 1. The molecule has 0 spiro atoms. The van der Waals surface area contributed by atoms with Crippen LogP contribution in [0.1, 0.15) is 37.7 Å². The lowest BCUT2D eigenvalue weighted by Crippen LogP contribution is -2.46. The van der Waals surface area contributed by atoms with Crippen LogP contribution in [-0.2, 0) is 11.3 Å². The molecule has 1 heterocycles. The van der Waals surface area contributed by atoms with Crippen LogP contribution in [0.15, 0.2) is 24.3 Å². The topological polar surface area (TPSA) is 58.4 Å². The van der Waals surface area contributed by atoms with Gasteiger partial charge in [-0.2, -0.15) is 0 Å². The summed E-state index contributed by atoms with van der Waals surface area (Å²) in [5.41, 5.74) is 7.02. The number of likely N-dealkylation sites (tertiary alicyclic amines) is 1. The van der Waals surface area contributed by atoms with Crippen LogP contribution in [0.25, 0.3) is 0 Å². The molecule has 1 amide bonds. The molecule has 2 aliphatic rings. The van der Waals surface area contributed by atoms with E-state index in [0.717, 1.165) is 57.3 Å². The Hall–Kier alpha value is -1.46. The van der Waals surface area contributed by atoms with E-state index in [-0.39, 0.29) is 29.7 Å². The summed E-state index contributed by atoms with van der Waals surface area (Å²) in [5, 5.41) is 3.20.